The highest BCUT2D eigenvalue weighted by molar-refractivity contribution is 7.92. The van der Waals surface area contributed by atoms with Gasteiger partial charge in [0, 0.05) is 13.6 Å². The van der Waals surface area contributed by atoms with Crippen LogP contribution in [0.4, 0.5) is 0 Å². The van der Waals surface area contributed by atoms with E-state index in [0.717, 1.165) is 4.31 Å². The third kappa shape index (κ3) is 1.54. The molecule has 88 valence electrons. The van der Waals surface area contributed by atoms with Crippen molar-refractivity contribution in [2.24, 2.45) is 5.14 Å². The minimum atomic E-state index is -4.03. The van der Waals surface area contributed by atoms with Crippen molar-refractivity contribution in [1.29, 1.82) is 0 Å². The molecule has 0 unspecified atom stereocenters. The lowest BCUT2D eigenvalue weighted by Crippen LogP contribution is -2.21. The second-order valence-electron chi connectivity index (χ2n) is 3.55. The van der Waals surface area contributed by atoms with Crippen LogP contribution in [0.1, 0.15) is 5.56 Å². The summed E-state index contributed by atoms with van der Waals surface area (Å²) in [5, 5.41) is 4.99. The van der Waals surface area contributed by atoms with E-state index in [1.807, 2.05) is 0 Å². The molecule has 0 aromatic heterocycles. The maximum atomic E-state index is 11.9. The molecule has 1 heterocycles. The van der Waals surface area contributed by atoms with Gasteiger partial charge in [0.15, 0.2) is 0 Å². The van der Waals surface area contributed by atoms with Crippen LogP contribution in [0.3, 0.4) is 0 Å². The number of rotatable bonds is 1. The highest BCUT2D eigenvalue weighted by atomic mass is 32.2. The normalized spacial score (nSPS) is 19.6. The molecule has 1 aliphatic heterocycles. The van der Waals surface area contributed by atoms with E-state index in [2.05, 4.69) is 0 Å². The average molecular weight is 262 g/mol. The van der Waals surface area contributed by atoms with E-state index in [-0.39, 0.29) is 16.3 Å². The van der Waals surface area contributed by atoms with Gasteiger partial charge in [0.05, 0.1) is 0 Å². The van der Waals surface area contributed by atoms with Gasteiger partial charge in [0.2, 0.25) is 20.0 Å². The van der Waals surface area contributed by atoms with Gasteiger partial charge in [-0.15, -0.1) is 0 Å². The number of hydrogen-bond acceptors (Lipinski definition) is 4. The van der Waals surface area contributed by atoms with Gasteiger partial charge in [-0.3, -0.25) is 0 Å². The third-order valence-corrected chi connectivity index (χ3v) is 5.46. The maximum absolute atomic E-state index is 11.9. The molecule has 1 aliphatic rings. The van der Waals surface area contributed by atoms with Gasteiger partial charge in [-0.25, -0.2) is 22.0 Å². The molecule has 0 bridgehead atoms. The first-order valence-corrected chi connectivity index (χ1v) is 7.34. The van der Waals surface area contributed by atoms with Gasteiger partial charge >= 0.3 is 0 Å². The number of fused-ring (bicyclic) bond motifs is 1. The lowest BCUT2D eigenvalue weighted by atomic mass is 10.2. The van der Waals surface area contributed by atoms with E-state index in [1.54, 1.807) is 6.07 Å². The summed E-state index contributed by atoms with van der Waals surface area (Å²) >= 11 is 0. The van der Waals surface area contributed by atoms with E-state index in [0.29, 0.717) is 5.56 Å². The highest BCUT2D eigenvalue weighted by Gasteiger charge is 2.36. The number of primary sulfonamides is 1. The van der Waals surface area contributed by atoms with Gasteiger partial charge in [-0.05, 0) is 11.6 Å². The largest absolute Gasteiger partial charge is 0.244 e. The molecular weight excluding hydrogens is 252 g/mol. The summed E-state index contributed by atoms with van der Waals surface area (Å²) in [6, 6.07) is 4.25. The summed E-state index contributed by atoms with van der Waals surface area (Å²) in [5.74, 6) is 0. The molecule has 1 aromatic carbocycles. The van der Waals surface area contributed by atoms with Gasteiger partial charge in [0.25, 0.3) is 0 Å². The summed E-state index contributed by atoms with van der Waals surface area (Å²) in [6.07, 6.45) is 0. The van der Waals surface area contributed by atoms with E-state index in [4.69, 9.17) is 5.14 Å². The number of nitrogens with zero attached hydrogens (tertiary/aromatic N) is 1. The maximum Gasteiger partial charge on any atom is 0.244 e. The summed E-state index contributed by atoms with van der Waals surface area (Å²) in [6.45, 7) is 0.168. The Morgan fingerprint density at radius 3 is 2.56 bits per heavy atom. The van der Waals surface area contributed by atoms with Crippen LogP contribution in [0.2, 0.25) is 0 Å². The minimum Gasteiger partial charge on any atom is -0.225 e. The summed E-state index contributed by atoms with van der Waals surface area (Å²) < 4.78 is 47.4. The Labute approximate surface area is 93.8 Å². The highest BCUT2D eigenvalue weighted by Crippen LogP contribution is 2.33. The lowest BCUT2D eigenvalue weighted by molar-refractivity contribution is 0.488. The number of benzene rings is 1. The second kappa shape index (κ2) is 3.27. The van der Waals surface area contributed by atoms with Crippen LogP contribution in [0.25, 0.3) is 0 Å². The van der Waals surface area contributed by atoms with Crippen molar-refractivity contribution >= 4 is 20.0 Å². The van der Waals surface area contributed by atoms with E-state index < -0.39 is 20.0 Å². The van der Waals surface area contributed by atoms with Crippen molar-refractivity contribution in [2.45, 2.75) is 16.3 Å². The number of nitrogens with two attached hydrogens (primary N) is 1. The Morgan fingerprint density at radius 2 is 2.00 bits per heavy atom. The Balaban J connectivity index is 2.88. The number of hydrogen-bond donors (Lipinski definition) is 1. The summed E-state index contributed by atoms with van der Waals surface area (Å²) in [7, 11) is -6.36. The minimum absolute atomic E-state index is 0.168. The van der Waals surface area contributed by atoms with Gasteiger partial charge in [-0.2, -0.15) is 4.31 Å². The fourth-order valence-corrected chi connectivity index (χ4v) is 4.41. The smallest absolute Gasteiger partial charge is 0.225 e. The Bertz CT molecular complexity index is 649. The zero-order valence-corrected chi connectivity index (χ0v) is 10.0. The zero-order chi connectivity index (χ0) is 12.1. The third-order valence-electron chi connectivity index (χ3n) is 2.43. The molecule has 0 spiro atoms. The van der Waals surface area contributed by atoms with E-state index in [9.17, 15) is 16.8 Å². The van der Waals surface area contributed by atoms with Crippen LogP contribution < -0.4 is 5.14 Å². The van der Waals surface area contributed by atoms with Gasteiger partial charge in [-0.1, -0.05) is 12.1 Å². The topological polar surface area (TPSA) is 97.5 Å². The van der Waals surface area contributed by atoms with Crippen LogP contribution in [0, 0.1) is 0 Å². The molecule has 8 heteroatoms. The van der Waals surface area contributed by atoms with Gasteiger partial charge in [0.1, 0.15) is 9.79 Å². The summed E-state index contributed by atoms with van der Waals surface area (Å²) in [5.41, 5.74) is 0.453. The van der Waals surface area contributed by atoms with Crippen LogP contribution in [-0.4, -0.2) is 28.2 Å². The fraction of sp³-hybridized carbons (Fsp3) is 0.250. The fourth-order valence-electron chi connectivity index (χ4n) is 1.68. The molecule has 0 radical (unpaired) electrons. The Kier molecular flexibility index (Phi) is 2.35. The molecule has 16 heavy (non-hydrogen) atoms. The second-order valence-corrected chi connectivity index (χ2v) is 7.06. The molecule has 0 saturated heterocycles. The molecule has 0 fully saturated rings. The zero-order valence-electron chi connectivity index (χ0n) is 8.41. The van der Waals surface area contributed by atoms with Crippen molar-refractivity contribution in [3.8, 4) is 0 Å². The average Bonchev–Trinajstić information content (AvgIpc) is 2.37. The van der Waals surface area contributed by atoms with Crippen LogP contribution in [-0.2, 0) is 26.6 Å². The number of sulfonamides is 2. The molecule has 6 nitrogen and oxygen atoms in total. The van der Waals surface area contributed by atoms with Crippen LogP contribution in [0.15, 0.2) is 28.0 Å². The Hall–Kier alpha value is -0.960. The first-order chi connectivity index (χ1) is 7.24. The summed E-state index contributed by atoms with van der Waals surface area (Å²) in [4.78, 5) is -0.533. The first-order valence-electron chi connectivity index (χ1n) is 4.35. The monoisotopic (exact) mass is 262 g/mol. The van der Waals surface area contributed by atoms with Crippen molar-refractivity contribution in [3.05, 3.63) is 23.8 Å². The lowest BCUT2D eigenvalue weighted by Gasteiger charge is -2.07. The molecule has 0 aliphatic carbocycles. The molecule has 0 amide bonds. The Morgan fingerprint density at radius 1 is 1.38 bits per heavy atom. The van der Waals surface area contributed by atoms with Crippen molar-refractivity contribution in [1.82, 2.24) is 4.31 Å². The molecule has 2 rings (SSSR count). The first kappa shape index (κ1) is 11.5. The van der Waals surface area contributed by atoms with Gasteiger partial charge < -0.3 is 0 Å². The van der Waals surface area contributed by atoms with Crippen molar-refractivity contribution < 1.29 is 16.8 Å². The van der Waals surface area contributed by atoms with Crippen LogP contribution >= 0.6 is 0 Å². The SMILES string of the molecule is CN1Cc2cccc(S(N)(=O)=O)c2S1(=O)=O. The van der Waals surface area contributed by atoms with Crippen molar-refractivity contribution in [2.75, 3.05) is 7.05 Å². The van der Waals surface area contributed by atoms with E-state index >= 15 is 0 Å². The quantitative estimate of drug-likeness (QED) is 0.735. The molecule has 1 aromatic rings. The van der Waals surface area contributed by atoms with Crippen molar-refractivity contribution in [3.63, 3.8) is 0 Å². The molecule has 0 saturated carbocycles. The molecule has 2 N–H and O–H groups in total. The van der Waals surface area contributed by atoms with Crippen LogP contribution in [0.5, 0.6) is 0 Å². The predicted molar refractivity (Wildman–Crippen MR) is 56.5 cm³/mol. The van der Waals surface area contributed by atoms with E-state index in [1.165, 1.54) is 19.2 Å². The molecular formula is C8H10N2O4S2. The predicted octanol–water partition coefficient (Wildman–Crippen LogP) is -0.532. The standard InChI is InChI=1S/C8H10N2O4S2/c1-10-5-6-3-2-4-7(15(9,11)12)8(6)16(10,13)14/h2-4H,5H2,1H3,(H2,9,11,12). The molecule has 0 atom stereocenters.